The number of pyridine rings is 1. The number of rotatable bonds is 3. The van der Waals surface area contributed by atoms with Gasteiger partial charge in [0, 0.05) is 18.6 Å². The quantitative estimate of drug-likeness (QED) is 0.551. The zero-order valence-corrected chi connectivity index (χ0v) is 9.16. The van der Waals surface area contributed by atoms with E-state index in [-0.39, 0.29) is 0 Å². The van der Waals surface area contributed by atoms with E-state index in [1.54, 1.807) is 0 Å². The lowest BCUT2D eigenvalue weighted by atomic mass is 10.1. The van der Waals surface area contributed by atoms with E-state index in [0.717, 1.165) is 13.0 Å². The van der Waals surface area contributed by atoms with E-state index in [2.05, 4.69) is 64.5 Å². The fourth-order valence-corrected chi connectivity index (χ4v) is 2.07. The Morgan fingerprint density at radius 3 is 2.44 bits per heavy atom. The van der Waals surface area contributed by atoms with E-state index < -0.39 is 0 Å². The summed E-state index contributed by atoms with van der Waals surface area (Å²) in [6, 6.07) is 17.5. The fourth-order valence-electron chi connectivity index (χ4n) is 2.07. The first-order valence-electron chi connectivity index (χ1n) is 5.70. The Labute approximate surface area is 95.7 Å². The van der Waals surface area contributed by atoms with Crippen LogP contribution in [-0.4, -0.2) is 12.6 Å². The monoisotopic (exact) mass is 211 g/mol. The van der Waals surface area contributed by atoms with Gasteiger partial charge in [-0.05, 0) is 5.56 Å². The van der Waals surface area contributed by atoms with Crippen LogP contribution in [0.3, 0.4) is 0 Å². The molecule has 1 saturated heterocycles. The van der Waals surface area contributed by atoms with Gasteiger partial charge in [0.05, 0.1) is 6.54 Å². The van der Waals surface area contributed by atoms with Crippen LogP contribution in [0.2, 0.25) is 0 Å². The van der Waals surface area contributed by atoms with Crippen LogP contribution in [0.25, 0.3) is 0 Å². The van der Waals surface area contributed by atoms with E-state index in [0.29, 0.717) is 6.04 Å². The largest absolute Gasteiger partial charge is 0.199 e. The maximum atomic E-state index is 2.37. The highest BCUT2D eigenvalue weighted by molar-refractivity contribution is 5.20. The Morgan fingerprint density at radius 2 is 1.69 bits per heavy atom. The van der Waals surface area contributed by atoms with Crippen molar-refractivity contribution < 1.29 is 4.68 Å². The van der Waals surface area contributed by atoms with Crippen molar-refractivity contribution in [1.82, 2.24) is 0 Å². The van der Waals surface area contributed by atoms with E-state index in [9.17, 15) is 0 Å². The minimum absolute atomic E-state index is 0.662. The normalized spacial score (nSPS) is 18.5. The van der Waals surface area contributed by atoms with Gasteiger partial charge >= 0.3 is 0 Å². The predicted molar refractivity (Wildman–Crippen MR) is 63.7 cm³/mol. The molecule has 0 amide bonds. The molecular weight excluding hydrogens is 196 g/mol. The molecule has 0 aliphatic carbocycles. The first-order valence-corrected chi connectivity index (χ1v) is 5.70. The van der Waals surface area contributed by atoms with E-state index >= 15 is 0 Å². The molecule has 1 aliphatic heterocycles. The molecule has 2 nitrogen and oxygen atoms in total. The van der Waals surface area contributed by atoms with Crippen LogP contribution in [0, 0.1) is 0 Å². The molecule has 2 aromatic rings. The average molecular weight is 211 g/mol. The lowest BCUT2D eigenvalue weighted by Gasteiger charge is -1.99. The summed E-state index contributed by atoms with van der Waals surface area (Å²) in [5.41, 5.74) is 1.42. The third-order valence-electron chi connectivity index (χ3n) is 3.00. The molecule has 1 fully saturated rings. The molecule has 1 aromatic carbocycles. The van der Waals surface area contributed by atoms with E-state index in [1.807, 2.05) is 6.07 Å². The zero-order chi connectivity index (χ0) is 10.8. The Hall–Kier alpha value is -1.83. The topological polar surface area (TPSA) is 6.89 Å². The maximum Gasteiger partial charge on any atom is 0.199 e. The molecule has 0 saturated carbocycles. The number of aromatic nitrogens is 1. The van der Waals surface area contributed by atoms with Gasteiger partial charge in [-0.3, -0.25) is 0 Å². The second kappa shape index (κ2) is 3.97. The van der Waals surface area contributed by atoms with Crippen molar-refractivity contribution in [3.63, 3.8) is 0 Å². The van der Waals surface area contributed by atoms with Crippen molar-refractivity contribution in [2.75, 3.05) is 11.6 Å². The Morgan fingerprint density at radius 1 is 1.00 bits per heavy atom. The van der Waals surface area contributed by atoms with Crippen LogP contribution in [0.1, 0.15) is 5.56 Å². The van der Waals surface area contributed by atoms with Gasteiger partial charge in [-0.25, -0.2) is 0 Å². The van der Waals surface area contributed by atoms with Gasteiger partial charge in [0.1, 0.15) is 6.04 Å². The van der Waals surface area contributed by atoms with Crippen molar-refractivity contribution in [2.45, 2.75) is 12.5 Å². The highest BCUT2D eigenvalue weighted by Crippen LogP contribution is 2.16. The highest BCUT2D eigenvalue weighted by Gasteiger charge is 2.40. The van der Waals surface area contributed by atoms with Crippen LogP contribution < -0.4 is 9.69 Å². The summed E-state index contributed by atoms with van der Waals surface area (Å²) < 4.78 is 2.17. The number of hydrogen-bond donors (Lipinski definition) is 0. The SMILES string of the molecule is c1ccc(CC2CN2[n+]2ccccc2)cc1. The standard InChI is InChI=1S/C14H15N2/c1-3-7-13(8-4-1)11-14-12-16(14)15-9-5-2-6-10-15/h1-10,14H,11-12H2/q+1. The second-order valence-electron chi connectivity index (χ2n) is 4.22. The van der Waals surface area contributed by atoms with Gasteiger partial charge in [-0.1, -0.05) is 41.1 Å². The average Bonchev–Trinajstić information content (AvgIpc) is 3.11. The Kier molecular flexibility index (Phi) is 2.33. The van der Waals surface area contributed by atoms with Gasteiger partial charge in [0.25, 0.3) is 0 Å². The van der Waals surface area contributed by atoms with Crippen LogP contribution in [-0.2, 0) is 6.42 Å². The number of nitrogens with zero attached hydrogens (tertiary/aromatic N) is 2. The van der Waals surface area contributed by atoms with E-state index in [4.69, 9.17) is 0 Å². The molecule has 1 aliphatic rings. The molecule has 80 valence electrons. The van der Waals surface area contributed by atoms with Crippen molar-refractivity contribution in [2.24, 2.45) is 0 Å². The molecule has 2 heteroatoms. The lowest BCUT2D eigenvalue weighted by Crippen LogP contribution is -2.45. The van der Waals surface area contributed by atoms with Crippen LogP contribution in [0.4, 0.5) is 0 Å². The summed E-state index contributed by atoms with van der Waals surface area (Å²) >= 11 is 0. The number of hydrogen-bond acceptors (Lipinski definition) is 1. The summed E-state index contributed by atoms with van der Waals surface area (Å²) in [7, 11) is 0. The van der Waals surface area contributed by atoms with Crippen molar-refractivity contribution in [1.29, 1.82) is 0 Å². The van der Waals surface area contributed by atoms with Crippen molar-refractivity contribution in [3.05, 3.63) is 66.5 Å². The van der Waals surface area contributed by atoms with Gasteiger partial charge < -0.3 is 0 Å². The van der Waals surface area contributed by atoms with Gasteiger partial charge in [-0.2, -0.15) is 5.01 Å². The minimum Gasteiger partial charge on any atom is -0.173 e. The Bertz CT molecular complexity index is 453. The molecular formula is C14H15N2+. The molecule has 16 heavy (non-hydrogen) atoms. The molecule has 0 bridgehead atoms. The smallest absolute Gasteiger partial charge is 0.173 e. The van der Waals surface area contributed by atoms with Gasteiger partial charge in [0.15, 0.2) is 12.4 Å². The molecule has 3 rings (SSSR count). The minimum atomic E-state index is 0.662. The molecule has 0 N–H and O–H groups in total. The predicted octanol–water partition coefficient (Wildman–Crippen LogP) is 1.54. The molecule has 0 spiro atoms. The molecule has 1 atom stereocenters. The molecule has 2 heterocycles. The van der Waals surface area contributed by atoms with Gasteiger partial charge in [0.2, 0.25) is 0 Å². The van der Waals surface area contributed by atoms with E-state index in [1.165, 1.54) is 5.56 Å². The second-order valence-corrected chi connectivity index (χ2v) is 4.22. The van der Waals surface area contributed by atoms with Crippen molar-refractivity contribution >= 4 is 0 Å². The Balaban J connectivity index is 1.65. The first kappa shape index (κ1) is 9.40. The van der Waals surface area contributed by atoms with Crippen LogP contribution in [0.5, 0.6) is 0 Å². The zero-order valence-electron chi connectivity index (χ0n) is 9.16. The highest BCUT2D eigenvalue weighted by atomic mass is 15.6. The molecule has 1 unspecified atom stereocenters. The van der Waals surface area contributed by atoms with Gasteiger partial charge in [-0.15, -0.1) is 0 Å². The number of benzene rings is 1. The first-order chi connectivity index (χ1) is 7.93. The lowest BCUT2D eigenvalue weighted by molar-refractivity contribution is -0.677. The summed E-state index contributed by atoms with van der Waals surface area (Å²) in [6.45, 7) is 1.16. The maximum absolute atomic E-state index is 2.37. The van der Waals surface area contributed by atoms with Crippen molar-refractivity contribution in [3.8, 4) is 0 Å². The third-order valence-corrected chi connectivity index (χ3v) is 3.00. The van der Waals surface area contributed by atoms with Crippen LogP contribution >= 0.6 is 0 Å². The third kappa shape index (κ3) is 1.91. The van der Waals surface area contributed by atoms with Crippen LogP contribution in [0.15, 0.2) is 60.9 Å². The molecule has 1 aromatic heterocycles. The summed E-state index contributed by atoms with van der Waals surface area (Å²) in [6.07, 6.45) is 5.35. The fraction of sp³-hybridized carbons (Fsp3) is 0.214. The summed E-state index contributed by atoms with van der Waals surface area (Å²) in [5, 5.41) is 2.37. The summed E-state index contributed by atoms with van der Waals surface area (Å²) in [4.78, 5) is 0. The summed E-state index contributed by atoms with van der Waals surface area (Å²) in [5.74, 6) is 0. The molecule has 0 radical (unpaired) electrons.